The number of hydrogen-bond acceptors (Lipinski definition) is 1. The number of hydrogen-bond donors (Lipinski definition) is 0. The molecule has 0 radical (unpaired) electrons. The predicted octanol–water partition coefficient (Wildman–Crippen LogP) is 5.81. The Labute approximate surface area is 166 Å². The number of benzene rings is 1. The van der Waals surface area contributed by atoms with E-state index in [4.69, 9.17) is 10.1 Å². The van der Waals surface area contributed by atoms with Crippen molar-refractivity contribution >= 4 is 21.4 Å². The fourth-order valence-corrected chi connectivity index (χ4v) is 4.42. The molecular weight excluding hydrogens is 393 g/mol. The molecule has 0 saturated heterocycles. The van der Waals surface area contributed by atoms with Gasteiger partial charge in [0.2, 0.25) is 0 Å². The van der Waals surface area contributed by atoms with Crippen LogP contribution in [0.25, 0.3) is 11.2 Å². The van der Waals surface area contributed by atoms with Crippen molar-refractivity contribution in [2.24, 2.45) is 0 Å². The molecule has 2 heterocycles. The van der Waals surface area contributed by atoms with Crippen molar-refractivity contribution < 1.29 is 13.6 Å². The summed E-state index contributed by atoms with van der Waals surface area (Å²) < 4.78 is 5.47. The summed E-state index contributed by atoms with van der Waals surface area (Å²) >= 11 is 1.37. The number of anilines is 1. The average molecular weight is 420 g/mol. The van der Waals surface area contributed by atoms with Crippen molar-refractivity contribution in [3.05, 3.63) is 58.0 Å². The van der Waals surface area contributed by atoms with Crippen LogP contribution in [0.5, 0.6) is 0 Å². The van der Waals surface area contributed by atoms with Gasteiger partial charge in [0, 0.05) is 0 Å². The zero-order valence-corrected chi connectivity index (χ0v) is 17.9. The van der Waals surface area contributed by atoms with Gasteiger partial charge in [-0.2, -0.15) is 0 Å². The summed E-state index contributed by atoms with van der Waals surface area (Å²) in [7, 11) is 10.5. The number of rotatable bonds is 4. The molecule has 0 aliphatic rings. The summed E-state index contributed by atoms with van der Waals surface area (Å²) in [6, 6.07) is 13.0. The Kier molecular flexibility index (Phi) is 5.66. The van der Waals surface area contributed by atoms with Gasteiger partial charge in [-0.15, -0.1) is 0 Å². The average Bonchev–Trinajstić information content (AvgIpc) is 2.98. The van der Waals surface area contributed by atoms with E-state index in [-0.39, 0.29) is 0 Å². The van der Waals surface area contributed by atoms with Gasteiger partial charge >= 0.3 is 166 Å². The molecular formula is C21H27ClCuN3. The van der Waals surface area contributed by atoms with Gasteiger partial charge in [0.15, 0.2) is 0 Å². The van der Waals surface area contributed by atoms with E-state index in [9.17, 15) is 0 Å². The van der Waals surface area contributed by atoms with Crippen LogP contribution >= 0.6 is 10.1 Å². The van der Waals surface area contributed by atoms with Crippen molar-refractivity contribution in [3.8, 4) is 5.69 Å². The van der Waals surface area contributed by atoms with Crippen LogP contribution < -0.4 is 4.90 Å². The number of para-hydroxylation sites is 1. The van der Waals surface area contributed by atoms with E-state index < -0.39 is 0 Å². The van der Waals surface area contributed by atoms with Crippen LogP contribution in [-0.4, -0.2) is 23.1 Å². The fraction of sp³-hybridized carbons (Fsp3) is 0.381. The number of fused-ring (bicyclic) bond motifs is 1. The monoisotopic (exact) mass is 419 g/mol. The van der Waals surface area contributed by atoms with Gasteiger partial charge in [-0.1, -0.05) is 0 Å². The molecule has 0 unspecified atom stereocenters. The van der Waals surface area contributed by atoms with E-state index in [2.05, 4.69) is 98.3 Å². The minimum atomic E-state index is 0.430. The number of imidazole rings is 1. The van der Waals surface area contributed by atoms with Crippen LogP contribution in [0.3, 0.4) is 0 Å². The van der Waals surface area contributed by atoms with Crippen molar-refractivity contribution in [1.82, 2.24) is 8.97 Å². The normalized spacial score (nSPS) is 13.2. The third kappa shape index (κ3) is 3.26. The SMILES string of the molecule is CC(C)c1cccc(C(C)C)c1-n1cc2cccc(N(C)C)n2[c]1=[Cu][Cl]. The van der Waals surface area contributed by atoms with E-state index in [0.717, 1.165) is 15.7 Å². The van der Waals surface area contributed by atoms with Crippen LogP contribution in [0.15, 0.2) is 42.6 Å². The van der Waals surface area contributed by atoms with Gasteiger partial charge in [-0.25, -0.2) is 0 Å². The summed E-state index contributed by atoms with van der Waals surface area (Å²) in [6.45, 7) is 8.99. The van der Waals surface area contributed by atoms with Crippen LogP contribution in [0.1, 0.15) is 50.7 Å². The number of nitrogens with zero attached hydrogens (tertiary/aromatic N) is 3. The van der Waals surface area contributed by atoms with Crippen LogP contribution in [0.2, 0.25) is 0 Å². The summed E-state index contributed by atoms with van der Waals surface area (Å²) in [5.74, 6) is 1.97. The first kappa shape index (κ1) is 19.3. The quantitative estimate of drug-likeness (QED) is 0.485. The second-order valence-electron chi connectivity index (χ2n) is 7.42. The number of pyridine rings is 1. The minimum absolute atomic E-state index is 0.430. The molecule has 0 fully saturated rings. The zero-order valence-electron chi connectivity index (χ0n) is 16.2. The molecule has 144 valence electrons. The molecule has 3 aromatic rings. The zero-order chi connectivity index (χ0) is 19.0. The van der Waals surface area contributed by atoms with Crippen molar-refractivity contribution in [1.29, 1.82) is 0 Å². The van der Waals surface area contributed by atoms with E-state index in [0.29, 0.717) is 11.8 Å². The molecule has 0 spiro atoms. The van der Waals surface area contributed by atoms with Gasteiger partial charge in [0.05, 0.1) is 0 Å². The Morgan fingerprint density at radius 2 is 1.50 bits per heavy atom. The summed E-state index contributed by atoms with van der Waals surface area (Å²) in [4.78, 5) is 2.12. The molecule has 0 atom stereocenters. The van der Waals surface area contributed by atoms with Gasteiger partial charge in [0.25, 0.3) is 0 Å². The first-order valence-corrected chi connectivity index (χ1v) is 10.7. The van der Waals surface area contributed by atoms with Gasteiger partial charge in [-0.3, -0.25) is 0 Å². The molecule has 1 aromatic carbocycles. The molecule has 2 aromatic heterocycles. The molecule has 0 amide bonds. The Morgan fingerprint density at radius 3 is 2.00 bits per heavy atom. The summed E-state index contributed by atoms with van der Waals surface area (Å²) in [5, 5.41) is 0. The Morgan fingerprint density at radius 1 is 0.923 bits per heavy atom. The van der Waals surface area contributed by atoms with Gasteiger partial charge in [-0.05, 0) is 0 Å². The second kappa shape index (κ2) is 7.64. The van der Waals surface area contributed by atoms with Crippen LogP contribution in [0.4, 0.5) is 5.82 Å². The van der Waals surface area contributed by atoms with Crippen molar-refractivity contribution in [3.63, 3.8) is 0 Å². The molecule has 0 bridgehead atoms. The van der Waals surface area contributed by atoms with Crippen LogP contribution in [-0.2, 0) is 13.6 Å². The second-order valence-corrected chi connectivity index (χ2v) is 8.49. The topological polar surface area (TPSA) is 12.6 Å². The molecule has 0 N–H and O–H groups in total. The Hall–Kier alpha value is -1.48. The molecule has 26 heavy (non-hydrogen) atoms. The maximum atomic E-state index is 6.39. The van der Waals surface area contributed by atoms with E-state index >= 15 is 0 Å². The number of halogens is 1. The fourth-order valence-electron chi connectivity index (χ4n) is 3.43. The summed E-state index contributed by atoms with van der Waals surface area (Å²) in [6.07, 6.45) is 2.20. The Bertz CT molecular complexity index is 970. The first-order chi connectivity index (χ1) is 12.4. The Balaban J connectivity index is 2.47. The van der Waals surface area contributed by atoms with Gasteiger partial charge in [0.1, 0.15) is 0 Å². The molecule has 0 saturated carbocycles. The van der Waals surface area contributed by atoms with Crippen molar-refractivity contribution in [2.45, 2.75) is 39.5 Å². The number of aromatic nitrogens is 2. The predicted molar refractivity (Wildman–Crippen MR) is 108 cm³/mol. The molecule has 0 aliphatic heterocycles. The standard InChI is InChI=1S/C21H27N3.ClH.Cu/c1-15(2)18-10-8-11-19(16(3)4)21(18)23-13-17-9-7-12-20(22(5)6)24(17)14-23;;/h7-13,15-16H,1-6H3;1H;/q;;+1/p-1. The molecule has 3 rings (SSSR count). The van der Waals surface area contributed by atoms with Gasteiger partial charge < -0.3 is 0 Å². The van der Waals surface area contributed by atoms with E-state index in [1.54, 1.807) is 0 Å². The van der Waals surface area contributed by atoms with E-state index in [1.165, 1.54) is 30.4 Å². The molecule has 0 aliphatic carbocycles. The molecule has 5 heteroatoms. The van der Waals surface area contributed by atoms with E-state index in [1.807, 2.05) is 0 Å². The first-order valence-electron chi connectivity index (χ1n) is 8.92. The van der Waals surface area contributed by atoms with Crippen LogP contribution in [0, 0.1) is 4.32 Å². The third-order valence-corrected chi connectivity index (χ3v) is 5.72. The summed E-state index contributed by atoms with van der Waals surface area (Å²) in [5.41, 5.74) is 5.07. The molecule has 3 nitrogen and oxygen atoms in total. The maximum absolute atomic E-state index is 6.39. The third-order valence-electron chi connectivity index (χ3n) is 4.70. The van der Waals surface area contributed by atoms with Crippen molar-refractivity contribution in [2.75, 3.05) is 19.0 Å².